The number of hydrogen-bond acceptors (Lipinski definition) is 0. The van der Waals surface area contributed by atoms with Crippen molar-refractivity contribution in [3.63, 3.8) is 0 Å². The summed E-state index contributed by atoms with van der Waals surface area (Å²) in [6, 6.07) is 21.8. The molecule has 0 saturated heterocycles. The van der Waals surface area contributed by atoms with Crippen molar-refractivity contribution in [1.82, 2.24) is 0 Å². The van der Waals surface area contributed by atoms with E-state index in [1.165, 1.54) is 58.3 Å². The van der Waals surface area contributed by atoms with Crippen molar-refractivity contribution in [3.8, 4) is 0 Å². The molecule has 36 heavy (non-hydrogen) atoms. The summed E-state index contributed by atoms with van der Waals surface area (Å²) in [7, 11) is 1.19. The first-order chi connectivity index (χ1) is 17.1. The van der Waals surface area contributed by atoms with E-state index in [4.69, 9.17) is 0 Å². The van der Waals surface area contributed by atoms with E-state index in [0.717, 1.165) is 38.3 Å². The Labute approximate surface area is 223 Å². The smallest absolute Gasteiger partial charge is 0.0140 e. The lowest BCUT2D eigenvalue weighted by Gasteiger charge is -2.15. The molecule has 0 atom stereocenters. The molecule has 0 aliphatic heterocycles. The van der Waals surface area contributed by atoms with Crippen molar-refractivity contribution in [2.24, 2.45) is 17.8 Å². The second-order valence-corrected chi connectivity index (χ2v) is 12.9. The van der Waals surface area contributed by atoms with Gasteiger partial charge in [-0.05, 0) is 101 Å². The van der Waals surface area contributed by atoms with Crippen LogP contribution in [-0.2, 0) is 38.3 Å². The van der Waals surface area contributed by atoms with Crippen molar-refractivity contribution in [2.45, 2.75) is 86.7 Å². The first-order valence-electron chi connectivity index (χ1n) is 13.8. The number of benzene rings is 3. The van der Waals surface area contributed by atoms with E-state index >= 15 is 0 Å². The minimum atomic E-state index is 0.654. The van der Waals surface area contributed by atoms with Crippen LogP contribution in [0.15, 0.2) is 54.6 Å². The van der Waals surface area contributed by atoms with Gasteiger partial charge in [-0.25, -0.2) is 0 Å². The molecule has 0 heterocycles. The third kappa shape index (κ3) is 9.37. The highest BCUT2D eigenvalue weighted by atomic mass is 31.1. The Morgan fingerprint density at radius 1 is 0.500 bits per heavy atom. The Bertz CT molecular complexity index is 1150. The molecule has 0 radical (unpaired) electrons. The van der Waals surface area contributed by atoms with Gasteiger partial charge in [0.25, 0.3) is 0 Å². The van der Waals surface area contributed by atoms with Crippen molar-refractivity contribution < 1.29 is 0 Å². The van der Waals surface area contributed by atoms with Crippen molar-refractivity contribution in [3.05, 3.63) is 105 Å². The van der Waals surface area contributed by atoms with Gasteiger partial charge >= 0.3 is 0 Å². The van der Waals surface area contributed by atoms with Crippen LogP contribution in [-0.4, -0.2) is 6.30 Å². The number of aryl methyl sites for hydroxylation is 1. The van der Waals surface area contributed by atoms with Gasteiger partial charge in [-0.2, -0.15) is 0 Å². The Kier molecular flexibility index (Phi) is 10.6. The first kappa shape index (κ1) is 28.4. The summed E-state index contributed by atoms with van der Waals surface area (Å²) in [6.45, 7) is 16.1. The van der Waals surface area contributed by atoms with Crippen molar-refractivity contribution in [2.75, 3.05) is 0 Å². The lowest BCUT2D eigenvalue weighted by atomic mass is 9.91. The van der Waals surface area contributed by atoms with Gasteiger partial charge in [-0.3, -0.25) is 0 Å². The third-order valence-corrected chi connectivity index (χ3v) is 7.05. The summed E-state index contributed by atoms with van der Waals surface area (Å²) in [6.07, 6.45) is 10.5. The van der Waals surface area contributed by atoms with Gasteiger partial charge in [-0.15, -0.1) is 8.20 Å². The van der Waals surface area contributed by atoms with E-state index < -0.39 is 0 Å². The van der Waals surface area contributed by atoms with Crippen LogP contribution in [0.5, 0.6) is 0 Å². The standard InChI is InChI=1S/C35H47P/c1-24(2)9-28-12-27(7)13-31(14-28)18-32-15-29(10-25(3)4)16-33(19-32)20-34-17-30(11-26(5)6)21-35(22-34)23-36-8/h12-17,19,21-22,24-26H,8-11,18,20,23H2,1-7H3. The minimum Gasteiger partial charge on any atom is -0.108 e. The number of hydrogen-bond donors (Lipinski definition) is 0. The van der Waals surface area contributed by atoms with E-state index in [1.54, 1.807) is 0 Å². The van der Waals surface area contributed by atoms with E-state index in [9.17, 15) is 0 Å². The Morgan fingerprint density at radius 3 is 1.22 bits per heavy atom. The van der Waals surface area contributed by atoms with E-state index in [0.29, 0.717) is 17.8 Å². The third-order valence-electron chi connectivity index (χ3n) is 6.46. The maximum atomic E-state index is 4.08. The molecule has 0 unspecified atom stereocenters. The van der Waals surface area contributed by atoms with Gasteiger partial charge < -0.3 is 0 Å². The summed E-state index contributed by atoms with van der Waals surface area (Å²) >= 11 is 0. The molecule has 0 spiro atoms. The maximum absolute atomic E-state index is 4.08. The van der Waals surface area contributed by atoms with Crippen LogP contribution >= 0.6 is 8.20 Å². The highest BCUT2D eigenvalue weighted by molar-refractivity contribution is 7.35. The molecular formula is C35H47P. The predicted octanol–water partition coefficient (Wildman–Crippen LogP) is 9.65. The van der Waals surface area contributed by atoms with Crippen molar-refractivity contribution in [1.29, 1.82) is 0 Å². The van der Waals surface area contributed by atoms with E-state index in [-0.39, 0.29) is 0 Å². The molecule has 3 aromatic rings. The highest BCUT2D eigenvalue weighted by Gasteiger charge is 2.10. The van der Waals surface area contributed by atoms with Gasteiger partial charge in [-0.1, -0.05) is 108 Å². The molecule has 1 heteroatoms. The molecule has 0 aromatic heterocycles. The molecule has 0 nitrogen and oxygen atoms in total. The van der Waals surface area contributed by atoms with Crippen LogP contribution in [0.4, 0.5) is 0 Å². The zero-order valence-corrected chi connectivity index (χ0v) is 24.7. The molecule has 0 bridgehead atoms. The van der Waals surface area contributed by atoms with Crippen LogP contribution < -0.4 is 0 Å². The zero-order valence-electron chi connectivity index (χ0n) is 23.8. The molecule has 0 saturated carbocycles. The van der Waals surface area contributed by atoms with Gasteiger partial charge in [0.1, 0.15) is 0 Å². The van der Waals surface area contributed by atoms with E-state index in [1.807, 2.05) is 0 Å². The van der Waals surface area contributed by atoms with Crippen LogP contribution in [0.3, 0.4) is 0 Å². The second kappa shape index (κ2) is 13.4. The lowest BCUT2D eigenvalue weighted by molar-refractivity contribution is 0.646. The first-order valence-corrected chi connectivity index (χ1v) is 15.1. The van der Waals surface area contributed by atoms with Gasteiger partial charge in [0.2, 0.25) is 0 Å². The Morgan fingerprint density at radius 2 is 0.806 bits per heavy atom. The summed E-state index contributed by atoms with van der Waals surface area (Å²) in [5.74, 6) is 2.00. The Balaban J connectivity index is 1.94. The summed E-state index contributed by atoms with van der Waals surface area (Å²) in [5, 5.41) is 0. The summed E-state index contributed by atoms with van der Waals surface area (Å²) in [4.78, 5) is 0. The largest absolute Gasteiger partial charge is 0.108 e. The number of rotatable bonds is 12. The second-order valence-electron chi connectivity index (χ2n) is 12.2. The van der Waals surface area contributed by atoms with Gasteiger partial charge in [0.15, 0.2) is 0 Å². The fourth-order valence-electron chi connectivity index (χ4n) is 5.49. The monoisotopic (exact) mass is 498 g/mol. The van der Waals surface area contributed by atoms with Crippen molar-refractivity contribution >= 4 is 14.5 Å². The van der Waals surface area contributed by atoms with Crippen LogP contribution in [0.2, 0.25) is 0 Å². The molecule has 0 N–H and O–H groups in total. The Hall–Kier alpha value is -2.17. The SMILES string of the molecule is C=PCc1cc(Cc2cc(Cc3cc(C)cc(CC(C)C)c3)cc(CC(C)C)c2)cc(CC(C)C)c1. The van der Waals surface area contributed by atoms with Crippen LogP contribution in [0, 0.1) is 24.7 Å². The molecule has 0 aliphatic carbocycles. The summed E-state index contributed by atoms with van der Waals surface area (Å²) < 4.78 is 0. The maximum Gasteiger partial charge on any atom is 0.0140 e. The fourth-order valence-corrected chi connectivity index (χ4v) is 5.94. The fraction of sp³-hybridized carbons (Fsp3) is 0.457. The molecule has 0 fully saturated rings. The molecule has 3 rings (SSSR count). The molecular weight excluding hydrogens is 451 g/mol. The van der Waals surface area contributed by atoms with Gasteiger partial charge in [0, 0.05) is 6.16 Å². The lowest BCUT2D eigenvalue weighted by Crippen LogP contribution is -2.02. The quantitative estimate of drug-likeness (QED) is 0.218. The van der Waals surface area contributed by atoms with Gasteiger partial charge in [0.05, 0.1) is 0 Å². The molecule has 3 aromatic carbocycles. The normalized spacial score (nSPS) is 11.8. The summed E-state index contributed by atoms with van der Waals surface area (Å²) in [5.41, 5.74) is 13.0. The minimum absolute atomic E-state index is 0.654. The zero-order chi connectivity index (χ0) is 26.2. The molecule has 0 amide bonds. The average molecular weight is 499 g/mol. The average Bonchev–Trinajstić information content (AvgIpc) is 2.71. The van der Waals surface area contributed by atoms with Crippen LogP contribution in [0.1, 0.15) is 91.6 Å². The topological polar surface area (TPSA) is 0 Å². The molecule has 0 aliphatic rings. The highest BCUT2D eigenvalue weighted by Crippen LogP contribution is 2.24. The molecule has 192 valence electrons. The van der Waals surface area contributed by atoms with E-state index in [2.05, 4.69) is 109 Å². The predicted molar refractivity (Wildman–Crippen MR) is 163 cm³/mol. The van der Waals surface area contributed by atoms with Crippen LogP contribution in [0.25, 0.3) is 0 Å².